The monoisotopic (exact) mass is 337 g/mol. The van der Waals surface area contributed by atoms with Gasteiger partial charge in [-0.2, -0.15) is 0 Å². The van der Waals surface area contributed by atoms with Crippen molar-refractivity contribution >= 4 is 5.91 Å². The lowest BCUT2D eigenvalue weighted by Gasteiger charge is -2.22. The van der Waals surface area contributed by atoms with E-state index in [1.54, 1.807) is 25.3 Å². The average molecular weight is 337 g/mol. The summed E-state index contributed by atoms with van der Waals surface area (Å²) in [5, 5.41) is 11.0. The Morgan fingerprint density at radius 1 is 1.24 bits per heavy atom. The number of carbonyl (C=O) groups is 1. The SMILES string of the molecule is Cc1nnc(-c2ccc(C(=O)NC3CCCC3n3ccnc3)cc2)o1. The highest BCUT2D eigenvalue weighted by atomic mass is 16.4. The zero-order valence-electron chi connectivity index (χ0n) is 13.9. The number of imidazole rings is 1. The molecule has 1 saturated carbocycles. The molecule has 2 heterocycles. The van der Waals surface area contributed by atoms with Gasteiger partial charge in [-0.1, -0.05) is 0 Å². The lowest BCUT2D eigenvalue weighted by molar-refractivity contribution is 0.0929. The Morgan fingerprint density at radius 2 is 2.08 bits per heavy atom. The minimum absolute atomic E-state index is 0.0646. The minimum atomic E-state index is -0.0646. The lowest BCUT2D eigenvalue weighted by Crippen LogP contribution is -2.38. The number of rotatable bonds is 4. The van der Waals surface area contributed by atoms with Gasteiger partial charge in [-0.15, -0.1) is 10.2 Å². The lowest BCUT2D eigenvalue weighted by atomic mass is 10.1. The third-order valence-corrected chi connectivity index (χ3v) is 4.62. The van der Waals surface area contributed by atoms with Gasteiger partial charge in [-0.3, -0.25) is 4.79 Å². The highest BCUT2D eigenvalue weighted by Crippen LogP contribution is 2.30. The van der Waals surface area contributed by atoms with E-state index < -0.39 is 0 Å². The fourth-order valence-corrected chi connectivity index (χ4v) is 3.36. The van der Waals surface area contributed by atoms with Crippen LogP contribution in [0.2, 0.25) is 0 Å². The van der Waals surface area contributed by atoms with Crippen molar-refractivity contribution in [3.63, 3.8) is 0 Å². The predicted octanol–water partition coefficient (Wildman–Crippen LogP) is 2.77. The molecule has 1 fully saturated rings. The molecule has 1 amide bonds. The van der Waals surface area contributed by atoms with Gasteiger partial charge in [-0.25, -0.2) is 4.98 Å². The molecule has 0 radical (unpaired) electrons. The molecular weight excluding hydrogens is 318 g/mol. The van der Waals surface area contributed by atoms with Crippen LogP contribution in [0.3, 0.4) is 0 Å². The number of aromatic nitrogens is 4. The summed E-state index contributed by atoms with van der Waals surface area (Å²) in [5.74, 6) is 0.911. The van der Waals surface area contributed by atoms with Crippen LogP contribution >= 0.6 is 0 Å². The first-order valence-corrected chi connectivity index (χ1v) is 8.39. The summed E-state index contributed by atoms with van der Waals surface area (Å²) in [7, 11) is 0. The highest BCUT2D eigenvalue weighted by molar-refractivity contribution is 5.94. The Balaban J connectivity index is 1.46. The number of hydrogen-bond acceptors (Lipinski definition) is 5. The number of aryl methyl sites for hydroxylation is 1. The topological polar surface area (TPSA) is 85.8 Å². The first-order valence-electron chi connectivity index (χ1n) is 8.39. The first-order chi connectivity index (χ1) is 12.2. The second-order valence-corrected chi connectivity index (χ2v) is 6.29. The Hall–Kier alpha value is -2.96. The van der Waals surface area contributed by atoms with E-state index in [2.05, 4.69) is 25.1 Å². The van der Waals surface area contributed by atoms with E-state index in [0.29, 0.717) is 17.3 Å². The van der Waals surface area contributed by atoms with Gasteiger partial charge in [0.05, 0.1) is 12.4 Å². The molecule has 1 aliphatic rings. The van der Waals surface area contributed by atoms with Crippen molar-refractivity contribution in [2.75, 3.05) is 0 Å². The molecule has 25 heavy (non-hydrogen) atoms. The molecule has 0 aliphatic heterocycles. The van der Waals surface area contributed by atoms with Crippen molar-refractivity contribution in [2.24, 2.45) is 0 Å². The molecule has 7 heteroatoms. The summed E-state index contributed by atoms with van der Waals surface area (Å²) >= 11 is 0. The predicted molar refractivity (Wildman–Crippen MR) is 90.8 cm³/mol. The van der Waals surface area contributed by atoms with Crippen molar-refractivity contribution in [3.8, 4) is 11.5 Å². The van der Waals surface area contributed by atoms with Crippen molar-refractivity contribution < 1.29 is 9.21 Å². The largest absolute Gasteiger partial charge is 0.421 e. The number of hydrogen-bond donors (Lipinski definition) is 1. The van der Waals surface area contributed by atoms with Gasteiger partial charge in [0.1, 0.15) is 0 Å². The number of nitrogens with zero attached hydrogens (tertiary/aromatic N) is 4. The fraction of sp³-hybridized carbons (Fsp3) is 0.333. The van der Waals surface area contributed by atoms with Crippen LogP contribution in [0.15, 0.2) is 47.4 Å². The van der Waals surface area contributed by atoms with Crippen LogP contribution in [-0.2, 0) is 0 Å². The van der Waals surface area contributed by atoms with Crippen LogP contribution < -0.4 is 5.32 Å². The first kappa shape index (κ1) is 15.6. The summed E-state index contributed by atoms with van der Waals surface area (Å²) in [6, 6.07) is 7.61. The van der Waals surface area contributed by atoms with Gasteiger partial charge in [-0.05, 0) is 43.5 Å². The molecule has 128 valence electrons. The maximum absolute atomic E-state index is 12.6. The molecule has 3 aromatic rings. The average Bonchev–Trinajstić information content (AvgIpc) is 3.36. The maximum atomic E-state index is 12.6. The number of carbonyl (C=O) groups excluding carboxylic acids is 1. The zero-order chi connectivity index (χ0) is 17.2. The third-order valence-electron chi connectivity index (χ3n) is 4.62. The molecule has 2 unspecified atom stereocenters. The molecule has 0 bridgehead atoms. The normalized spacial score (nSPS) is 19.9. The van der Waals surface area contributed by atoms with E-state index >= 15 is 0 Å². The molecule has 0 saturated heterocycles. The number of amides is 1. The van der Waals surface area contributed by atoms with Gasteiger partial charge < -0.3 is 14.3 Å². The summed E-state index contributed by atoms with van der Waals surface area (Å²) in [6.45, 7) is 1.75. The van der Waals surface area contributed by atoms with E-state index in [-0.39, 0.29) is 18.0 Å². The van der Waals surface area contributed by atoms with E-state index in [1.807, 2.05) is 24.7 Å². The van der Waals surface area contributed by atoms with E-state index in [0.717, 1.165) is 24.8 Å². The van der Waals surface area contributed by atoms with Crippen molar-refractivity contribution in [2.45, 2.75) is 38.3 Å². The maximum Gasteiger partial charge on any atom is 0.251 e. The zero-order valence-corrected chi connectivity index (χ0v) is 13.9. The molecule has 0 spiro atoms. The number of nitrogens with one attached hydrogen (secondary N) is 1. The van der Waals surface area contributed by atoms with Crippen LogP contribution in [0.1, 0.15) is 41.6 Å². The van der Waals surface area contributed by atoms with Gasteiger partial charge >= 0.3 is 0 Å². The molecule has 1 aliphatic carbocycles. The van der Waals surface area contributed by atoms with Crippen LogP contribution in [0, 0.1) is 6.92 Å². The standard InChI is InChI=1S/C18H19N5O2/c1-12-21-22-18(25-12)14-7-5-13(6-8-14)17(24)20-15-3-2-4-16(15)23-10-9-19-11-23/h5-11,15-16H,2-4H2,1H3,(H,20,24). The molecule has 1 N–H and O–H groups in total. The quantitative estimate of drug-likeness (QED) is 0.791. The fourth-order valence-electron chi connectivity index (χ4n) is 3.36. The molecule has 2 aromatic heterocycles. The molecule has 4 rings (SSSR count). The number of benzene rings is 1. The van der Waals surface area contributed by atoms with E-state index in [4.69, 9.17) is 4.42 Å². The van der Waals surface area contributed by atoms with E-state index in [9.17, 15) is 4.79 Å². The van der Waals surface area contributed by atoms with Crippen LogP contribution in [-0.4, -0.2) is 31.7 Å². The Labute approximate surface area is 145 Å². The third kappa shape index (κ3) is 3.17. The van der Waals surface area contributed by atoms with Crippen molar-refractivity contribution in [1.29, 1.82) is 0 Å². The molecular formula is C18H19N5O2. The van der Waals surface area contributed by atoms with E-state index in [1.165, 1.54) is 0 Å². The molecule has 1 aromatic carbocycles. The highest BCUT2D eigenvalue weighted by Gasteiger charge is 2.29. The summed E-state index contributed by atoms with van der Waals surface area (Å²) < 4.78 is 7.48. The van der Waals surface area contributed by atoms with Crippen LogP contribution in [0.5, 0.6) is 0 Å². The Morgan fingerprint density at radius 3 is 2.76 bits per heavy atom. The summed E-state index contributed by atoms with van der Waals surface area (Å²) in [4.78, 5) is 16.7. The Bertz CT molecular complexity index is 854. The second kappa shape index (κ2) is 6.51. The minimum Gasteiger partial charge on any atom is -0.421 e. The van der Waals surface area contributed by atoms with Gasteiger partial charge in [0, 0.05) is 36.5 Å². The van der Waals surface area contributed by atoms with Crippen molar-refractivity contribution in [3.05, 3.63) is 54.4 Å². The summed E-state index contributed by atoms with van der Waals surface area (Å²) in [6.07, 6.45) is 8.68. The molecule has 7 nitrogen and oxygen atoms in total. The van der Waals surface area contributed by atoms with Gasteiger partial charge in [0.15, 0.2) is 0 Å². The molecule has 2 atom stereocenters. The van der Waals surface area contributed by atoms with Gasteiger partial charge in [0.25, 0.3) is 5.91 Å². The van der Waals surface area contributed by atoms with Gasteiger partial charge in [0.2, 0.25) is 11.8 Å². The van der Waals surface area contributed by atoms with Crippen LogP contribution in [0.4, 0.5) is 0 Å². The Kier molecular flexibility index (Phi) is 4.05. The smallest absolute Gasteiger partial charge is 0.251 e. The summed E-state index contributed by atoms with van der Waals surface area (Å²) in [5.41, 5.74) is 1.42. The van der Waals surface area contributed by atoms with Crippen LogP contribution in [0.25, 0.3) is 11.5 Å². The van der Waals surface area contributed by atoms with Crippen molar-refractivity contribution in [1.82, 2.24) is 25.1 Å². The second-order valence-electron chi connectivity index (χ2n) is 6.29.